The number of phenolic OH excluding ortho intramolecular Hbond substituents is 1. The second-order valence-corrected chi connectivity index (χ2v) is 10.4. The van der Waals surface area contributed by atoms with Crippen molar-refractivity contribution in [2.75, 3.05) is 13.1 Å². The van der Waals surface area contributed by atoms with Crippen LogP contribution in [0, 0.1) is 5.82 Å². The molecule has 2 aromatic rings. The normalized spacial score (nSPS) is 35.1. The average Bonchev–Trinajstić information content (AvgIpc) is 3.34. The van der Waals surface area contributed by atoms with E-state index in [-0.39, 0.29) is 36.1 Å². The first-order chi connectivity index (χ1) is 16.4. The zero-order valence-corrected chi connectivity index (χ0v) is 18.8. The fourth-order valence-corrected chi connectivity index (χ4v) is 7.89. The molecule has 0 aromatic heterocycles. The number of ether oxygens (including phenoxy) is 1. The highest BCUT2D eigenvalue weighted by molar-refractivity contribution is 5.98. The molecule has 2 N–H and O–H groups in total. The first-order valence-corrected chi connectivity index (χ1v) is 12.1. The van der Waals surface area contributed by atoms with Gasteiger partial charge in [-0.25, -0.2) is 4.39 Å². The Bertz CT molecular complexity index is 1260. The van der Waals surface area contributed by atoms with Gasteiger partial charge >= 0.3 is 0 Å². The van der Waals surface area contributed by atoms with E-state index in [4.69, 9.17) is 4.74 Å². The van der Waals surface area contributed by atoms with Crippen LogP contribution < -0.4 is 4.74 Å². The summed E-state index contributed by atoms with van der Waals surface area (Å²) in [6.07, 6.45) is 3.75. The molecule has 1 saturated heterocycles. The molecule has 2 unspecified atom stereocenters. The highest BCUT2D eigenvalue weighted by atomic mass is 19.1. The predicted octanol–water partition coefficient (Wildman–Crippen LogP) is 2.90. The van der Waals surface area contributed by atoms with E-state index in [2.05, 4.69) is 11.5 Å². The molecule has 3 heterocycles. The number of amides is 1. The van der Waals surface area contributed by atoms with Gasteiger partial charge in [0.15, 0.2) is 11.5 Å². The number of rotatable bonds is 3. The van der Waals surface area contributed by atoms with Crippen LogP contribution in [-0.4, -0.2) is 62.8 Å². The number of likely N-dealkylation sites (tertiary alicyclic amines) is 1. The molecule has 0 radical (unpaired) electrons. The number of nitrogens with zero attached hydrogens (tertiary/aromatic N) is 2. The third-order valence-electron chi connectivity index (χ3n) is 9.24. The third kappa shape index (κ3) is 2.20. The minimum atomic E-state index is -1.05. The van der Waals surface area contributed by atoms with Crippen LogP contribution in [0.1, 0.15) is 46.3 Å². The van der Waals surface area contributed by atoms with Crippen molar-refractivity contribution in [3.8, 4) is 11.5 Å². The van der Waals surface area contributed by atoms with Gasteiger partial charge in [-0.1, -0.05) is 18.2 Å². The lowest BCUT2D eigenvalue weighted by atomic mass is 9.48. The summed E-state index contributed by atoms with van der Waals surface area (Å²) in [6, 6.07) is 7.82. The first-order valence-electron chi connectivity index (χ1n) is 12.1. The summed E-state index contributed by atoms with van der Waals surface area (Å²) < 4.78 is 21.1. The van der Waals surface area contributed by atoms with Crippen LogP contribution in [0.15, 0.2) is 43.0 Å². The number of halogens is 1. The fourth-order valence-electron chi connectivity index (χ4n) is 7.89. The van der Waals surface area contributed by atoms with Crippen LogP contribution in [-0.2, 0) is 18.4 Å². The number of hydrogen-bond donors (Lipinski definition) is 2. The standard InChI is InChI=1S/C27H27FN2O4/c1-2-11-29-12-10-26-22-15-6-7-20(31)23(22)34-24(26)19(8-9-27(26,33)21(29)13-15)30-14-17-16(25(30)32)4-3-5-18(17)28/h2-7,19,21,24,31,33H,1,8-14H2/t19?,21-,24?,26+,27-/m1/s1. The van der Waals surface area contributed by atoms with E-state index in [1.165, 1.54) is 6.07 Å². The monoisotopic (exact) mass is 462 g/mol. The van der Waals surface area contributed by atoms with Gasteiger partial charge in [0.05, 0.1) is 23.6 Å². The lowest BCUT2D eigenvalue weighted by Gasteiger charge is -2.64. The average molecular weight is 463 g/mol. The highest BCUT2D eigenvalue weighted by Crippen LogP contribution is 2.66. The molecule has 1 amide bonds. The van der Waals surface area contributed by atoms with E-state index in [9.17, 15) is 19.4 Å². The van der Waals surface area contributed by atoms with Crippen LogP contribution in [0.5, 0.6) is 11.5 Å². The van der Waals surface area contributed by atoms with Crippen molar-refractivity contribution in [2.45, 2.75) is 61.4 Å². The predicted molar refractivity (Wildman–Crippen MR) is 122 cm³/mol. The molecule has 7 rings (SSSR count). The number of benzene rings is 2. The Kier molecular flexibility index (Phi) is 3.98. The van der Waals surface area contributed by atoms with Gasteiger partial charge in [-0.3, -0.25) is 9.69 Å². The molecule has 34 heavy (non-hydrogen) atoms. The largest absolute Gasteiger partial charge is 0.504 e. The van der Waals surface area contributed by atoms with Crippen molar-refractivity contribution in [1.29, 1.82) is 0 Å². The maximum atomic E-state index is 14.5. The summed E-state index contributed by atoms with van der Waals surface area (Å²) in [5.74, 6) is -0.0527. The summed E-state index contributed by atoms with van der Waals surface area (Å²) in [4.78, 5) is 17.4. The molecule has 2 aromatic carbocycles. The molecule has 2 bridgehead atoms. The van der Waals surface area contributed by atoms with Gasteiger partial charge in [-0.05, 0) is 56.0 Å². The maximum absolute atomic E-state index is 14.5. The summed E-state index contributed by atoms with van der Waals surface area (Å²) in [7, 11) is 0. The molecular formula is C27H27FN2O4. The number of fused-ring (bicyclic) bond motifs is 1. The van der Waals surface area contributed by atoms with Gasteiger partial charge in [0.1, 0.15) is 11.9 Å². The van der Waals surface area contributed by atoms with E-state index in [1.54, 1.807) is 23.1 Å². The Morgan fingerprint density at radius 2 is 2.12 bits per heavy atom. The number of carbonyl (C=O) groups is 1. The van der Waals surface area contributed by atoms with Crippen molar-refractivity contribution >= 4 is 5.91 Å². The van der Waals surface area contributed by atoms with E-state index < -0.39 is 17.1 Å². The van der Waals surface area contributed by atoms with E-state index in [1.807, 2.05) is 12.1 Å². The number of phenols is 1. The van der Waals surface area contributed by atoms with Gasteiger partial charge in [-0.2, -0.15) is 0 Å². The van der Waals surface area contributed by atoms with Crippen LogP contribution >= 0.6 is 0 Å². The summed E-state index contributed by atoms with van der Waals surface area (Å²) in [6.45, 7) is 5.56. The molecule has 5 atom stereocenters. The van der Waals surface area contributed by atoms with Gasteiger partial charge < -0.3 is 19.8 Å². The molecule has 1 spiro atoms. The van der Waals surface area contributed by atoms with E-state index >= 15 is 0 Å². The number of aliphatic hydroxyl groups is 1. The van der Waals surface area contributed by atoms with E-state index in [0.717, 1.165) is 17.7 Å². The number of carbonyl (C=O) groups excluding carboxylic acids is 1. The number of hydrogen-bond acceptors (Lipinski definition) is 5. The quantitative estimate of drug-likeness (QED) is 0.687. The SMILES string of the molecule is C=CCN1CC[C@]23c4c5ccc(O)c4OC2C(N2Cc4c(F)cccc4C2=O)CC[C@@]3(O)[C@H]1C5. The third-order valence-corrected chi connectivity index (χ3v) is 9.24. The number of piperidine rings is 1. The van der Waals surface area contributed by atoms with Crippen molar-refractivity contribution in [3.05, 3.63) is 71.1 Å². The van der Waals surface area contributed by atoms with Gasteiger partial charge in [-0.15, -0.1) is 6.58 Å². The smallest absolute Gasteiger partial charge is 0.254 e. The highest BCUT2D eigenvalue weighted by Gasteiger charge is 2.73. The lowest BCUT2D eigenvalue weighted by molar-refractivity contribution is -0.196. The second kappa shape index (κ2) is 6.61. The Balaban J connectivity index is 1.38. The van der Waals surface area contributed by atoms with Crippen LogP contribution in [0.25, 0.3) is 0 Å². The van der Waals surface area contributed by atoms with Crippen molar-refractivity contribution in [2.24, 2.45) is 0 Å². The second-order valence-electron chi connectivity index (χ2n) is 10.4. The van der Waals surface area contributed by atoms with Gasteiger partial charge in [0.25, 0.3) is 5.91 Å². The minimum absolute atomic E-state index is 0.0673. The van der Waals surface area contributed by atoms with Crippen LogP contribution in [0.4, 0.5) is 4.39 Å². The summed E-state index contributed by atoms with van der Waals surface area (Å²) >= 11 is 0. The summed E-state index contributed by atoms with van der Waals surface area (Å²) in [5, 5.41) is 23.2. The van der Waals surface area contributed by atoms with Crippen molar-refractivity contribution in [3.63, 3.8) is 0 Å². The Labute approximate surface area is 197 Å². The van der Waals surface area contributed by atoms with Gasteiger partial charge in [0.2, 0.25) is 0 Å². The molecule has 7 heteroatoms. The zero-order valence-electron chi connectivity index (χ0n) is 18.8. The molecule has 3 aliphatic heterocycles. The van der Waals surface area contributed by atoms with E-state index in [0.29, 0.717) is 49.1 Å². The molecule has 1 saturated carbocycles. The Morgan fingerprint density at radius 1 is 1.26 bits per heavy atom. The van der Waals surface area contributed by atoms with Crippen LogP contribution in [0.2, 0.25) is 0 Å². The molecule has 6 nitrogen and oxygen atoms in total. The van der Waals surface area contributed by atoms with Crippen molar-refractivity contribution < 1.29 is 24.1 Å². The molecular weight excluding hydrogens is 435 g/mol. The first kappa shape index (κ1) is 20.5. The summed E-state index contributed by atoms with van der Waals surface area (Å²) in [5.41, 5.74) is 1.04. The lowest BCUT2D eigenvalue weighted by Crippen LogP contribution is -2.78. The van der Waals surface area contributed by atoms with Crippen molar-refractivity contribution in [1.82, 2.24) is 9.80 Å². The minimum Gasteiger partial charge on any atom is -0.504 e. The molecule has 176 valence electrons. The zero-order chi connectivity index (χ0) is 23.4. The Morgan fingerprint density at radius 3 is 2.91 bits per heavy atom. The topological polar surface area (TPSA) is 73.2 Å². The van der Waals surface area contributed by atoms with Crippen LogP contribution in [0.3, 0.4) is 0 Å². The Hall–Kier alpha value is -2.90. The molecule has 2 fully saturated rings. The molecule has 2 aliphatic carbocycles. The molecule has 5 aliphatic rings. The maximum Gasteiger partial charge on any atom is 0.254 e. The number of aromatic hydroxyl groups is 1. The van der Waals surface area contributed by atoms with Gasteiger partial charge in [0, 0.05) is 29.3 Å². The fraction of sp³-hybridized carbons (Fsp3) is 0.444.